The number of fused-ring (bicyclic) bond motifs is 1. The molecule has 0 radical (unpaired) electrons. The maximum atomic E-state index is 13.0. The van der Waals surface area contributed by atoms with Gasteiger partial charge in [-0.15, -0.1) is 11.3 Å². The maximum absolute atomic E-state index is 13.0. The summed E-state index contributed by atoms with van der Waals surface area (Å²) < 4.78 is 6.63. The summed E-state index contributed by atoms with van der Waals surface area (Å²) in [4.78, 5) is 30.4. The molecule has 0 bridgehead atoms. The number of nitrogens with one attached hydrogen (secondary N) is 1. The molecule has 6 nitrogen and oxygen atoms in total. The van der Waals surface area contributed by atoms with Crippen molar-refractivity contribution in [3.05, 3.63) is 77.6 Å². The first-order valence-corrected chi connectivity index (χ1v) is 8.99. The van der Waals surface area contributed by atoms with Gasteiger partial charge < -0.3 is 14.6 Å². The molecule has 0 aliphatic heterocycles. The SMILES string of the molecule is COC(=O)c1cccc(NC(=O)c2sc3ncccc3c2-n2cccc2)c1. The third-order valence-corrected chi connectivity index (χ3v) is 5.15. The second-order valence-electron chi connectivity index (χ2n) is 5.75. The van der Waals surface area contributed by atoms with E-state index in [0.29, 0.717) is 16.1 Å². The Balaban J connectivity index is 1.74. The summed E-state index contributed by atoms with van der Waals surface area (Å²) in [6, 6.07) is 14.3. The summed E-state index contributed by atoms with van der Waals surface area (Å²) in [5.41, 5.74) is 1.68. The predicted octanol–water partition coefficient (Wildman–Crippen LogP) is 4.13. The van der Waals surface area contributed by atoms with Crippen molar-refractivity contribution in [2.24, 2.45) is 0 Å². The Kier molecular flexibility index (Phi) is 4.43. The predicted molar refractivity (Wildman–Crippen MR) is 105 cm³/mol. The summed E-state index contributed by atoms with van der Waals surface area (Å²) in [5.74, 6) is -0.714. The van der Waals surface area contributed by atoms with Crippen LogP contribution in [0.25, 0.3) is 15.9 Å². The van der Waals surface area contributed by atoms with Gasteiger partial charge in [-0.3, -0.25) is 4.79 Å². The van der Waals surface area contributed by atoms with Gasteiger partial charge in [-0.25, -0.2) is 9.78 Å². The quantitative estimate of drug-likeness (QED) is 0.543. The van der Waals surface area contributed by atoms with Gasteiger partial charge in [0.2, 0.25) is 0 Å². The van der Waals surface area contributed by atoms with Crippen molar-refractivity contribution in [2.75, 3.05) is 12.4 Å². The van der Waals surface area contributed by atoms with E-state index in [1.54, 1.807) is 30.5 Å². The number of rotatable bonds is 4. The lowest BCUT2D eigenvalue weighted by Crippen LogP contribution is -2.13. The third-order valence-electron chi connectivity index (χ3n) is 4.05. The van der Waals surface area contributed by atoms with E-state index in [9.17, 15) is 9.59 Å². The monoisotopic (exact) mass is 377 g/mol. The van der Waals surface area contributed by atoms with Crippen molar-refractivity contribution < 1.29 is 14.3 Å². The fraction of sp³-hybridized carbons (Fsp3) is 0.0500. The summed E-state index contributed by atoms with van der Waals surface area (Å²) >= 11 is 1.33. The highest BCUT2D eigenvalue weighted by Crippen LogP contribution is 2.33. The van der Waals surface area contributed by atoms with Gasteiger partial charge in [-0.2, -0.15) is 0 Å². The summed E-state index contributed by atoms with van der Waals surface area (Å²) in [6.45, 7) is 0. The van der Waals surface area contributed by atoms with E-state index < -0.39 is 5.97 Å². The Bertz CT molecular complexity index is 1130. The molecule has 0 atom stereocenters. The van der Waals surface area contributed by atoms with E-state index in [-0.39, 0.29) is 5.91 Å². The van der Waals surface area contributed by atoms with Crippen molar-refractivity contribution in [3.63, 3.8) is 0 Å². The number of thiophene rings is 1. The third kappa shape index (κ3) is 3.20. The standard InChI is InChI=1S/C20H15N3O3S/c1-26-20(25)13-6-4-7-14(12-13)22-18(24)17-16(23-10-2-3-11-23)15-8-5-9-21-19(15)27-17/h2-12H,1H3,(H,22,24). The van der Waals surface area contributed by atoms with E-state index in [1.807, 2.05) is 41.2 Å². The fourth-order valence-corrected chi connectivity index (χ4v) is 3.88. The van der Waals surface area contributed by atoms with Crippen LogP contribution in [0.2, 0.25) is 0 Å². The van der Waals surface area contributed by atoms with Crippen LogP contribution in [0.15, 0.2) is 67.1 Å². The number of amides is 1. The molecule has 3 heterocycles. The maximum Gasteiger partial charge on any atom is 0.337 e. The largest absolute Gasteiger partial charge is 0.465 e. The minimum absolute atomic E-state index is 0.260. The molecule has 0 saturated heterocycles. The van der Waals surface area contributed by atoms with Crippen molar-refractivity contribution in [1.82, 2.24) is 9.55 Å². The molecule has 0 spiro atoms. The van der Waals surface area contributed by atoms with Crippen molar-refractivity contribution in [3.8, 4) is 5.69 Å². The van der Waals surface area contributed by atoms with Crippen LogP contribution in [-0.2, 0) is 4.74 Å². The van der Waals surface area contributed by atoms with Crippen LogP contribution >= 0.6 is 11.3 Å². The summed E-state index contributed by atoms with van der Waals surface area (Å²) in [6.07, 6.45) is 5.49. The van der Waals surface area contributed by atoms with Crippen LogP contribution in [0.4, 0.5) is 5.69 Å². The highest BCUT2D eigenvalue weighted by molar-refractivity contribution is 7.21. The second-order valence-corrected chi connectivity index (χ2v) is 6.75. The highest BCUT2D eigenvalue weighted by atomic mass is 32.1. The van der Waals surface area contributed by atoms with Gasteiger partial charge in [0, 0.05) is 29.7 Å². The van der Waals surface area contributed by atoms with Gasteiger partial charge in [0.05, 0.1) is 18.4 Å². The minimum atomic E-state index is -0.454. The summed E-state index contributed by atoms with van der Waals surface area (Å²) in [7, 11) is 1.32. The number of aromatic nitrogens is 2. The zero-order chi connectivity index (χ0) is 18.8. The summed E-state index contributed by atoms with van der Waals surface area (Å²) in [5, 5.41) is 3.77. The lowest BCUT2D eigenvalue weighted by atomic mass is 10.2. The Morgan fingerprint density at radius 2 is 1.93 bits per heavy atom. The number of anilines is 1. The van der Waals surface area contributed by atoms with E-state index in [2.05, 4.69) is 10.3 Å². The van der Waals surface area contributed by atoms with Gasteiger partial charge >= 0.3 is 5.97 Å². The molecule has 0 unspecified atom stereocenters. The molecular formula is C20H15N3O3S. The van der Waals surface area contributed by atoms with Crippen LogP contribution in [0.5, 0.6) is 0 Å². The molecule has 0 fully saturated rings. The molecule has 0 aliphatic rings. The lowest BCUT2D eigenvalue weighted by molar-refractivity contribution is 0.0600. The molecule has 3 aromatic heterocycles. The van der Waals surface area contributed by atoms with E-state index >= 15 is 0 Å². The van der Waals surface area contributed by atoms with E-state index in [0.717, 1.165) is 15.9 Å². The van der Waals surface area contributed by atoms with Crippen LogP contribution in [0, 0.1) is 0 Å². The molecule has 4 aromatic rings. The Morgan fingerprint density at radius 1 is 1.11 bits per heavy atom. The molecule has 0 saturated carbocycles. The first-order chi connectivity index (χ1) is 13.2. The molecule has 27 heavy (non-hydrogen) atoms. The molecule has 1 amide bonds. The zero-order valence-electron chi connectivity index (χ0n) is 14.4. The number of esters is 1. The first kappa shape index (κ1) is 17.0. The molecule has 0 aliphatic carbocycles. The fourth-order valence-electron chi connectivity index (χ4n) is 2.84. The molecule has 4 rings (SSSR count). The van der Waals surface area contributed by atoms with Crippen LogP contribution < -0.4 is 5.32 Å². The van der Waals surface area contributed by atoms with Gasteiger partial charge in [0.1, 0.15) is 9.71 Å². The number of ether oxygens (including phenoxy) is 1. The number of pyridine rings is 1. The van der Waals surface area contributed by atoms with Crippen molar-refractivity contribution in [2.45, 2.75) is 0 Å². The van der Waals surface area contributed by atoms with Crippen molar-refractivity contribution in [1.29, 1.82) is 0 Å². The average molecular weight is 377 g/mol. The van der Waals surface area contributed by atoms with Crippen LogP contribution in [0.3, 0.4) is 0 Å². The number of nitrogens with zero attached hydrogens (tertiary/aromatic N) is 2. The van der Waals surface area contributed by atoms with Gasteiger partial charge in [-0.05, 0) is 42.5 Å². The molecule has 1 aromatic carbocycles. The first-order valence-electron chi connectivity index (χ1n) is 8.18. The highest BCUT2D eigenvalue weighted by Gasteiger charge is 2.20. The molecule has 1 N–H and O–H groups in total. The lowest BCUT2D eigenvalue weighted by Gasteiger charge is -2.08. The van der Waals surface area contributed by atoms with Gasteiger partial charge in [0.15, 0.2) is 0 Å². The smallest absolute Gasteiger partial charge is 0.337 e. The molecular weight excluding hydrogens is 362 g/mol. The number of hydrogen-bond donors (Lipinski definition) is 1. The van der Waals surface area contributed by atoms with E-state index in [4.69, 9.17) is 4.74 Å². The van der Waals surface area contributed by atoms with Gasteiger partial charge in [-0.1, -0.05) is 6.07 Å². The number of carbonyl (C=O) groups excluding carboxylic acids is 2. The molecule has 7 heteroatoms. The Labute approximate surface area is 159 Å². The minimum Gasteiger partial charge on any atom is -0.465 e. The number of carbonyl (C=O) groups is 2. The van der Waals surface area contributed by atoms with Crippen LogP contribution in [0.1, 0.15) is 20.0 Å². The van der Waals surface area contributed by atoms with E-state index in [1.165, 1.54) is 18.4 Å². The molecule has 134 valence electrons. The van der Waals surface area contributed by atoms with Gasteiger partial charge in [0.25, 0.3) is 5.91 Å². The average Bonchev–Trinajstić information content (AvgIpc) is 3.34. The zero-order valence-corrected chi connectivity index (χ0v) is 15.2. The van der Waals surface area contributed by atoms with Crippen LogP contribution in [-0.4, -0.2) is 28.5 Å². The van der Waals surface area contributed by atoms with Crippen molar-refractivity contribution >= 4 is 39.1 Å². The number of methoxy groups -OCH3 is 1. The normalized spacial score (nSPS) is 10.7. The number of hydrogen-bond acceptors (Lipinski definition) is 5. The Morgan fingerprint density at radius 3 is 2.70 bits per heavy atom. The Hall–Kier alpha value is -3.45. The second kappa shape index (κ2) is 7.05. The number of benzene rings is 1. The topological polar surface area (TPSA) is 73.2 Å².